The number of nitrogens with one attached hydrogen (secondary N) is 1. The summed E-state index contributed by atoms with van der Waals surface area (Å²) in [4.78, 5) is 0. The Morgan fingerprint density at radius 3 is 2.47 bits per heavy atom. The highest BCUT2D eigenvalue weighted by Gasteiger charge is 2.38. The van der Waals surface area contributed by atoms with Crippen molar-refractivity contribution in [2.45, 2.75) is 33.6 Å². The molecule has 2 heterocycles. The summed E-state index contributed by atoms with van der Waals surface area (Å²) >= 11 is 3.67. The predicted molar refractivity (Wildman–Crippen MR) is 74.1 cm³/mol. The second-order valence-corrected chi connectivity index (χ2v) is 6.64. The van der Waals surface area contributed by atoms with Crippen molar-refractivity contribution in [2.75, 3.05) is 13.1 Å². The lowest BCUT2D eigenvalue weighted by Gasteiger charge is -2.44. The van der Waals surface area contributed by atoms with Crippen LogP contribution in [0.3, 0.4) is 0 Å². The highest BCUT2D eigenvalue weighted by Crippen LogP contribution is 2.36. The molecule has 0 saturated carbocycles. The number of hydrogen-bond acceptors (Lipinski definition) is 2. The fraction of sp³-hybridized carbons (Fsp3) is 0.769. The second-order valence-electron chi connectivity index (χ2n) is 5.85. The van der Waals surface area contributed by atoms with Crippen LogP contribution in [0.25, 0.3) is 0 Å². The summed E-state index contributed by atoms with van der Waals surface area (Å²) in [6, 6.07) is 0. The zero-order valence-electron chi connectivity index (χ0n) is 11.2. The van der Waals surface area contributed by atoms with Crippen molar-refractivity contribution in [3.63, 3.8) is 0 Å². The Bertz CT molecular complexity index is 405. The van der Waals surface area contributed by atoms with E-state index in [1.165, 1.54) is 16.6 Å². The third-order valence-corrected chi connectivity index (χ3v) is 4.68. The van der Waals surface area contributed by atoms with Crippen LogP contribution in [0.5, 0.6) is 0 Å². The van der Waals surface area contributed by atoms with Crippen molar-refractivity contribution in [1.82, 2.24) is 15.1 Å². The van der Waals surface area contributed by atoms with Gasteiger partial charge in [0.1, 0.15) is 0 Å². The van der Waals surface area contributed by atoms with Gasteiger partial charge in [0.05, 0.1) is 15.9 Å². The quantitative estimate of drug-likeness (QED) is 0.926. The molecule has 2 rings (SSSR count). The van der Waals surface area contributed by atoms with Gasteiger partial charge in [-0.3, -0.25) is 4.68 Å². The average Bonchev–Trinajstić information content (AvgIpc) is 2.40. The van der Waals surface area contributed by atoms with Gasteiger partial charge in [-0.05, 0) is 41.6 Å². The van der Waals surface area contributed by atoms with Crippen molar-refractivity contribution in [3.8, 4) is 0 Å². The van der Waals surface area contributed by atoms with Crippen LogP contribution in [0.2, 0.25) is 0 Å². The highest BCUT2D eigenvalue weighted by atomic mass is 79.9. The topological polar surface area (TPSA) is 29.9 Å². The van der Waals surface area contributed by atoms with E-state index in [9.17, 15) is 0 Å². The number of hydrogen-bond donors (Lipinski definition) is 1. The molecule has 0 spiro atoms. The van der Waals surface area contributed by atoms with Crippen LogP contribution in [0.15, 0.2) is 4.47 Å². The van der Waals surface area contributed by atoms with Crippen LogP contribution < -0.4 is 5.32 Å². The van der Waals surface area contributed by atoms with Gasteiger partial charge >= 0.3 is 0 Å². The molecular formula is C13H22BrN3. The molecule has 0 radical (unpaired) electrons. The smallest absolute Gasteiger partial charge is 0.0738 e. The molecule has 1 aliphatic rings. The summed E-state index contributed by atoms with van der Waals surface area (Å²) < 4.78 is 3.22. The minimum Gasteiger partial charge on any atom is -0.316 e. The average molecular weight is 300 g/mol. The van der Waals surface area contributed by atoms with Crippen LogP contribution in [0, 0.1) is 18.3 Å². The molecule has 17 heavy (non-hydrogen) atoms. The van der Waals surface area contributed by atoms with Crippen molar-refractivity contribution in [2.24, 2.45) is 18.4 Å². The summed E-state index contributed by atoms with van der Waals surface area (Å²) in [7, 11) is 2.04. The van der Waals surface area contributed by atoms with E-state index in [2.05, 4.69) is 47.1 Å². The summed E-state index contributed by atoms with van der Waals surface area (Å²) in [6.45, 7) is 8.96. The monoisotopic (exact) mass is 299 g/mol. The summed E-state index contributed by atoms with van der Waals surface area (Å²) in [5, 5.41) is 7.91. The maximum absolute atomic E-state index is 4.48. The third kappa shape index (κ3) is 2.58. The summed E-state index contributed by atoms with van der Waals surface area (Å²) in [5.41, 5.74) is 2.87. The van der Waals surface area contributed by atoms with Crippen molar-refractivity contribution >= 4 is 15.9 Å². The van der Waals surface area contributed by atoms with Crippen LogP contribution in [0.1, 0.15) is 31.7 Å². The Balaban J connectivity index is 2.18. The van der Waals surface area contributed by atoms with E-state index in [-0.39, 0.29) is 0 Å². The van der Waals surface area contributed by atoms with E-state index >= 15 is 0 Å². The van der Waals surface area contributed by atoms with E-state index in [1.54, 1.807) is 0 Å². The van der Waals surface area contributed by atoms with Crippen molar-refractivity contribution < 1.29 is 0 Å². The lowest BCUT2D eigenvalue weighted by Crippen LogP contribution is -2.55. The van der Waals surface area contributed by atoms with Crippen LogP contribution in [-0.4, -0.2) is 22.9 Å². The molecule has 4 heteroatoms. The van der Waals surface area contributed by atoms with E-state index < -0.39 is 0 Å². The van der Waals surface area contributed by atoms with Gasteiger partial charge in [-0.25, -0.2) is 0 Å². The fourth-order valence-corrected chi connectivity index (χ4v) is 3.39. The van der Waals surface area contributed by atoms with E-state index in [1.807, 2.05) is 11.7 Å². The van der Waals surface area contributed by atoms with Crippen molar-refractivity contribution in [1.29, 1.82) is 0 Å². The molecule has 1 aliphatic heterocycles. The molecule has 3 nitrogen and oxygen atoms in total. The van der Waals surface area contributed by atoms with Gasteiger partial charge < -0.3 is 5.32 Å². The Morgan fingerprint density at radius 1 is 1.47 bits per heavy atom. The first-order chi connectivity index (χ1) is 7.93. The number of rotatable bonds is 4. The highest BCUT2D eigenvalue weighted by molar-refractivity contribution is 9.10. The molecule has 0 bridgehead atoms. The lowest BCUT2D eigenvalue weighted by atomic mass is 9.72. The minimum absolute atomic E-state index is 0.441. The minimum atomic E-state index is 0.441. The van der Waals surface area contributed by atoms with E-state index in [4.69, 9.17) is 0 Å². The largest absolute Gasteiger partial charge is 0.316 e. The van der Waals surface area contributed by atoms with Gasteiger partial charge in [0.25, 0.3) is 0 Å². The van der Waals surface area contributed by atoms with E-state index in [0.29, 0.717) is 5.41 Å². The molecule has 0 aliphatic carbocycles. The Labute approximate surface area is 112 Å². The Kier molecular flexibility index (Phi) is 3.64. The first-order valence-electron chi connectivity index (χ1n) is 6.32. The SMILES string of the molecule is Cc1nn(C)c(CC2(CC(C)C)CNC2)c1Br. The predicted octanol–water partition coefficient (Wildman–Crippen LogP) is 2.67. The van der Waals surface area contributed by atoms with Crippen LogP contribution in [0.4, 0.5) is 0 Å². The lowest BCUT2D eigenvalue weighted by molar-refractivity contribution is 0.128. The standard InChI is InChI=1S/C13H22BrN3/c1-9(2)5-13(7-15-8-13)6-11-12(14)10(3)16-17(11)4/h9,15H,5-8H2,1-4H3. The molecule has 0 unspecified atom stereocenters. The Morgan fingerprint density at radius 2 is 2.12 bits per heavy atom. The molecular weight excluding hydrogens is 278 g/mol. The van der Waals surface area contributed by atoms with Gasteiger partial charge in [0.15, 0.2) is 0 Å². The molecule has 0 amide bonds. The zero-order valence-corrected chi connectivity index (χ0v) is 12.8. The van der Waals surface area contributed by atoms with Gasteiger partial charge in [-0.2, -0.15) is 5.10 Å². The number of aromatic nitrogens is 2. The van der Waals surface area contributed by atoms with Gasteiger partial charge in [0.2, 0.25) is 0 Å². The maximum atomic E-state index is 4.48. The molecule has 1 N–H and O–H groups in total. The van der Waals surface area contributed by atoms with Crippen molar-refractivity contribution in [3.05, 3.63) is 15.9 Å². The zero-order chi connectivity index (χ0) is 12.6. The van der Waals surface area contributed by atoms with Crippen LogP contribution in [-0.2, 0) is 13.5 Å². The van der Waals surface area contributed by atoms with Gasteiger partial charge in [0, 0.05) is 25.6 Å². The van der Waals surface area contributed by atoms with E-state index in [0.717, 1.165) is 31.1 Å². The second kappa shape index (κ2) is 4.73. The van der Waals surface area contributed by atoms with Gasteiger partial charge in [-0.15, -0.1) is 0 Å². The Hall–Kier alpha value is -0.350. The third-order valence-electron chi connectivity index (χ3n) is 3.65. The summed E-state index contributed by atoms with van der Waals surface area (Å²) in [6.07, 6.45) is 2.41. The number of aryl methyl sites for hydroxylation is 2. The normalized spacial score (nSPS) is 18.5. The first kappa shape index (κ1) is 13.1. The fourth-order valence-electron chi connectivity index (χ4n) is 2.91. The number of halogens is 1. The molecule has 1 aromatic rings. The first-order valence-corrected chi connectivity index (χ1v) is 7.11. The van der Waals surface area contributed by atoms with Crippen LogP contribution >= 0.6 is 15.9 Å². The molecule has 1 saturated heterocycles. The molecule has 96 valence electrons. The summed E-state index contributed by atoms with van der Waals surface area (Å²) in [5.74, 6) is 0.755. The molecule has 1 aromatic heterocycles. The number of nitrogens with zero attached hydrogens (tertiary/aromatic N) is 2. The molecule has 0 aromatic carbocycles. The maximum Gasteiger partial charge on any atom is 0.0738 e. The molecule has 1 fully saturated rings. The molecule has 0 atom stereocenters. The van der Waals surface area contributed by atoms with Gasteiger partial charge in [-0.1, -0.05) is 13.8 Å².